The number of hydrogen-bond acceptors (Lipinski definition) is 4. The van der Waals surface area contributed by atoms with Crippen LogP contribution in [0.2, 0.25) is 0 Å². The van der Waals surface area contributed by atoms with E-state index in [0.717, 1.165) is 31.2 Å². The molecule has 2 heterocycles. The van der Waals surface area contributed by atoms with Crippen LogP contribution in [-0.2, 0) is 0 Å². The fraction of sp³-hybridized carbons (Fsp3) is 0.625. The molecule has 0 aromatic heterocycles. The molecular weight excluding hydrogens is 250 g/mol. The van der Waals surface area contributed by atoms with Crippen molar-refractivity contribution in [2.24, 2.45) is 5.92 Å². The van der Waals surface area contributed by atoms with Crippen LogP contribution < -0.4 is 10.2 Å². The average Bonchev–Trinajstić information content (AvgIpc) is 2.92. The maximum atomic E-state index is 9.63. The molecule has 2 saturated heterocycles. The van der Waals surface area contributed by atoms with Crippen molar-refractivity contribution in [3.8, 4) is 5.75 Å². The van der Waals surface area contributed by atoms with Crippen LogP contribution in [0, 0.1) is 5.92 Å². The van der Waals surface area contributed by atoms with Crippen molar-refractivity contribution in [1.82, 2.24) is 10.2 Å². The first kappa shape index (κ1) is 13.7. The molecule has 3 rings (SSSR count). The topological polar surface area (TPSA) is 38.7 Å². The van der Waals surface area contributed by atoms with Crippen LogP contribution in [0.5, 0.6) is 5.75 Å². The smallest absolute Gasteiger partial charge is 0.117 e. The maximum absolute atomic E-state index is 9.63. The van der Waals surface area contributed by atoms with E-state index in [-0.39, 0.29) is 0 Å². The van der Waals surface area contributed by atoms with Crippen molar-refractivity contribution >= 4 is 5.69 Å². The molecule has 0 spiro atoms. The van der Waals surface area contributed by atoms with E-state index in [2.05, 4.69) is 28.1 Å². The van der Waals surface area contributed by atoms with Gasteiger partial charge in [-0.3, -0.25) is 4.90 Å². The van der Waals surface area contributed by atoms with E-state index >= 15 is 0 Å². The molecule has 1 aromatic carbocycles. The Morgan fingerprint density at radius 3 is 2.95 bits per heavy atom. The van der Waals surface area contributed by atoms with Gasteiger partial charge in [0.25, 0.3) is 0 Å². The summed E-state index contributed by atoms with van der Waals surface area (Å²) in [6.07, 6.45) is 1.32. The van der Waals surface area contributed by atoms with Gasteiger partial charge in [-0.05, 0) is 44.5 Å². The van der Waals surface area contributed by atoms with Gasteiger partial charge in [-0.15, -0.1) is 0 Å². The Morgan fingerprint density at radius 2 is 2.25 bits per heavy atom. The van der Waals surface area contributed by atoms with Crippen LogP contribution in [0.4, 0.5) is 5.69 Å². The first-order chi connectivity index (χ1) is 9.72. The number of benzene rings is 1. The minimum Gasteiger partial charge on any atom is -0.508 e. The Morgan fingerprint density at radius 1 is 1.35 bits per heavy atom. The molecule has 0 radical (unpaired) electrons. The Kier molecular flexibility index (Phi) is 4.13. The van der Waals surface area contributed by atoms with E-state index in [9.17, 15) is 5.11 Å². The van der Waals surface area contributed by atoms with Crippen molar-refractivity contribution in [3.63, 3.8) is 0 Å². The third kappa shape index (κ3) is 3.07. The van der Waals surface area contributed by atoms with E-state index < -0.39 is 0 Å². The van der Waals surface area contributed by atoms with Gasteiger partial charge in [-0.2, -0.15) is 0 Å². The standard InChI is InChI=1S/C16H25N3O/c1-13-11-18(12-14-5-6-17-10-14)7-8-19(13)15-3-2-4-16(20)9-15/h2-4,9,13-14,17,20H,5-8,10-12H2,1H3/t13-,14?/m0/s1. The van der Waals surface area contributed by atoms with Gasteiger partial charge in [0.05, 0.1) is 0 Å². The zero-order valence-electron chi connectivity index (χ0n) is 12.3. The van der Waals surface area contributed by atoms with Crippen molar-refractivity contribution in [2.45, 2.75) is 19.4 Å². The number of nitrogens with one attached hydrogen (secondary N) is 1. The lowest BCUT2D eigenvalue weighted by Gasteiger charge is -2.42. The predicted molar refractivity (Wildman–Crippen MR) is 82.3 cm³/mol. The summed E-state index contributed by atoms with van der Waals surface area (Å²) < 4.78 is 0. The third-order valence-corrected chi connectivity index (χ3v) is 4.55. The van der Waals surface area contributed by atoms with Crippen LogP contribution in [0.15, 0.2) is 24.3 Å². The van der Waals surface area contributed by atoms with E-state index in [1.54, 1.807) is 6.07 Å². The highest BCUT2D eigenvalue weighted by Gasteiger charge is 2.26. The van der Waals surface area contributed by atoms with E-state index in [1.165, 1.54) is 26.1 Å². The van der Waals surface area contributed by atoms with E-state index in [0.29, 0.717) is 11.8 Å². The number of piperazine rings is 1. The van der Waals surface area contributed by atoms with Gasteiger partial charge in [-0.25, -0.2) is 0 Å². The second kappa shape index (κ2) is 6.02. The zero-order valence-corrected chi connectivity index (χ0v) is 12.3. The van der Waals surface area contributed by atoms with Crippen molar-refractivity contribution in [2.75, 3.05) is 44.2 Å². The Labute approximate surface area is 121 Å². The van der Waals surface area contributed by atoms with Gasteiger partial charge in [0.15, 0.2) is 0 Å². The van der Waals surface area contributed by atoms with Gasteiger partial charge in [0, 0.05) is 44.0 Å². The molecule has 1 unspecified atom stereocenters. The largest absolute Gasteiger partial charge is 0.508 e. The highest BCUT2D eigenvalue weighted by Crippen LogP contribution is 2.24. The predicted octanol–water partition coefficient (Wildman–Crippen LogP) is 1.51. The van der Waals surface area contributed by atoms with Crippen LogP contribution in [-0.4, -0.2) is 55.3 Å². The average molecular weight is 275 g/mol. The number of phenols is 1. The molecule has 0 amide bonds. The molecule has 20 heavy (non-hydrogen) atoms. The van der Waals surface area contributed by atoms with Crippen molar-refractivity contribution < 1.29 is 5.11 Å². The Balaban J connectivity index is 1.59. The van der Waals surface area contributed by atoms with E-state index in [4.69, 9.17) is 0 Å². The van der Waals surface area contributed by atoms with Crippen molar-refractivity contribution in [3.05, 3.63) is 24.3 Å². The summed E-state index contributed by atoms with van der Waals surface area (Å²) in [7, 11) is 0. The lowest BCUT2D eigenvalue weighted by Crippen LogP contribution is -2.53. The number of rotatable bonds is 3. The number of aromatic hydroxyl groups is 1. The monoisotopic (exact) mass is 275 g/mol. The normalized spacial score (nSPS) is 27.9. The van der Waals surface area contributed by atoms with Crippen LogP contribution in [0.3, 0.4) is 0 Å². The quantitative estimate of drug-likeness (QED) is 0.877. The van der Waals surface area contributed by atoms with Gasteiger partial charge in [0.1, 0.15) is 5.75 Å². The third-order valence-electron chi connectivity index (χ3n) is 4.55. The molecule has 4 heteroatoms. The number of nitrogens with zero attached hydrogens (tertiary/aromatic N) is 2. The molecule has 1 aromatic rings. The molecule has 2 fully saturated rings. The molecule has 2 aliphatic heterocycles. The first-order valence-electron chi connectivity index (χ1n) is 7.71. The molecule has 4 nitrogen and oxygen atoms in total. The summed E-state index contributed by atoms with van der Waals surface area (Å²) in [6.45, 7) is 9.16. The molecule has 0 saturated carbocycles. The van der Waals surface area contributed by atoms with Crippen LogP contribution in [0.1, 0.15) is 13.3 Å². The number of anilines is 1. The SMILES string of the molecule is C[C@H]1CN(CC2CCNC2)CCN1c1cccc(O)c1. The highest BCUT2D eigenvalue weighted by molar-refractivity contribution is 5.51. The molecule has 2 aliphatic rings. The van der Waals surface area contributed by atoms with E-state index in [1.807, 2.05) is 12.1 Å². The van der Waals surface area contributed by atoms with Gasteiger partial charge in [0.2, 0.25) is 0 Å². The Bertz CT molecular complexity index is 445. The highest BCUT2D eigenvalue weighted by atomic mass is 16.3. The summed E-state index contributed by atoms with van der Waals surface area (Å²) in [5, 5.41) is 13.1. The summed E-state index contributed by atoms with van der Waals surface area (Å²) in [5.74, 6) is 1.18. The fourth-order valence-corrected chi connectivity index (χ4v) is 3.49. The summed E-state index contributed by atoms with van der Waals surface area (Å²) >= 11 is 0. The lowest BCUT2D eigenvalue weighted by atomic mass is 10.1. The maximum Gasteiger partial charge on any atom is 0.117 e. The zero-order chi connectivity index (χ0) is 13.9. The lowest BCUT2D eigenvalue weighted by molar-refractivity contribution is 0.201. The molecule has 0 bridgehead atoms. The first-order valence-corrected chi connectivity index (χ1v) is 7.71. The molecular formula is C16H25N3O. The summed E-state index contributed by atoms with van der Waals surface area (Å²) in [6, 6.07) is 8.12. The molecule has 2 atom stereocenters. The minimum absolute atomic E-state index is 0.356. The molecule has 2 N–H and O–H groups in total. The second-order valence-electron chi connectivity index (χ2n) is 6.18. The van der Waals surface area contributed by atoms with Gasteiger partial charge in [-0.1, -0.05) is 6.07 Å². The minimum atomic E-state index is 0.356. The van der Waals surface area contributed by atoms with Crippen molar-refractivity contribution in [1.29, 1.82) is 0 Å². The number of hydrogen-bond donors (Lipinski definition) is 2. The van der Waals surface area contributed by atoms with Gasteiger partial charge < -0.3 is 15.3 Å². The van der Waals surface area contributed by atoms with Crippen LogP contribution >= 0.6 is 0 Å². The number of phenolic OH excluding ortho intramolecular Hbond substituents is 1. The fourth-order valence-electron chi connectivity index (χ4n) is 3.49. The van der Waals surface area contributed by atoms with Gasteiger partial charge >= 0.3 is 0 Å². The molecule has 110 valence electrons. The second-order valence-corrected chi connectivity index (χ2v) is 6.18. The summed E-state index contributed by atoms with van der Waals surface area (Å²) in [4.78, 5) is 5.00. The molecule has 0 aliphatic carbocycles. The van der Waals surface area contributed by atoms with Crippen LogP contribution in [0.25, 0.3) is 0 Å². The summed E-state index contributed by atoms with van der Waals surface area (Å²) in [5.41, 5.74) is 1.14. The Hall–Kier alpha value is -1.26.